The van der Waals surface area contributed by atoms with Crippen LogP contribution in [0.5, 0.6) is 0 Å². The molecule has 3 nitrogen and oxygen atoms in total. The molecule has 2 N–H and O–H groups in total. The standard InChI is InChI=1S/C10H12ClN3/c11-9-4-7(1-2-13-9)14-5-6-3-8(14)10(6)12/h1-2,4,6,8,10H,3,5,12H2. The van der Waals surface area contributed by atoms with Crippen LogP contribution in [0, 0.1) is 5.92 Å². The normalized spacial score (nSPS) is 34.4. The molecule has 0 aromatic carbocycles. The molecule has 2 aliphatic heterocycles. The molecule has 74 valence electrons. The number of pyridine rings is 1. The van der Waals surface area contributed by atoms with Crippen LogP contribution in [0.3, 0.4) is 0 Å². The van der Waals surface area contributed by atoms with Crippen molar-refractivity contribution in [1.82, 2.24) is 4.98 Å². The van der Waals surface area contributed by atoms with Gasteiger partial charge < -0.3 is 10.6 Å². The molecule has 0 amide bonds. The first-order valence-corrected chi connectivity index (χ1v) is 5.27. The Morgan fingerprint density at radius 3 is 3.00 bits per heavy atom. The Hall–Kier alpha value is -0.800. The fraction of sp³-hybridized carbons (Fsp3) is 0.500. The van der Waals surface area contributed by atoms with Crippen LogP contribution in [0.15, 0.2) is 18.3 Å². The highest BCUT2D eigenvalue weighted by atomic mass is 35.5. The maximum absolute atomic E-state index is 6.00. The van der Waals surface area contributed by atoms with E-state index in [1.807, 2.05) is 12.1 Å². The van der Waals surface area contributed by atoms with Gasteiger partial charge in [-0.1, -0.05) is 11.6 Å². The minimum absolute atomic E-state index is 0.363. The van der Waals surface area contributed by atoms with E-state index in [4.69, 9.17) is 17.3 Å². The van der Waals surface area contributed by atoms with E-state index < -0.39 is 0 Å². The Morgan fingerprint density at radius 1 is 1.57 bits per heavy atom. The lowest BCUT2D eigenvalue weighted by Gasteiger charge is -2.34. The van der Waals surface area contributed by atoms with Crippen molar-refractivity contribution >= 4 is 17.3 Å². The zero-order valence-corrected chi connectivity index (χ0v) is 8.48. The molecular formula is C10H12ClN3. The Kier molecular flexibility index (Phi) is 1.73. The molecule has 1 aromatic rings. The summed E-state index contributed by atoms with van der Waals surface area (Å²) >= 11 is 5.85. The first-order valence-electron chi connectivity index (χ1n) is 4.89. The van der Waals surface area contributed by atoms with Gasteiger partial charge in [-0.3, -0.25) is 0 Å². The highest BCUT2D eigenvalue weighted by molar-refractivity contribution is 6.29. The van der Waals surface area contributed by atoms with E-state index in [9.17, 15) is 0 Å². The maximum atomic E-state index is 6.00. The van der Waals surface area contributed by atoms with Crippen molar-refractivity contribution in [2.45, 2.75) is 18.5 Å². The van der Waals surface area contributed by atoms with Crippen molar-refractivity contribution in [3.8, 4) is 0 Å². The van der Waals surface area contributed by atoms with Gasteiger partial charge in [-0.05, 0) is 24.5 Å². The summed E-state index contributed by atoms with van der Waals surface area (Å²) in [5, 5.41) is 0.556. The number of hydrogen-bond acceptors (Lipinski definition) is 3. The number of nitrogens with two attached hydrogens (primary N) is 1. The summed E-state index contributed by atoms with van der Waals surface area (Å²) in [5.74, 6) is 0.687. The molecule has 3 aliphatic rings. The molecule has 0 radical (unpaired) electrons. The van der Waals surface area contributed by atoms with Crippen LogP contribution in [-0.4, -0.2) is 23.6 Å². The summed E-state index contributed by atoms with van der Waals surface area (Å²) in [5.41, 5.74) is 7.16. The van der Waals surface area contributed by atoms with E-state index in [2.05, 4.69) is 9.88 Å². The average molecular weight is 210 g/mol. The number of anilines is 1. The predicted octanol–water partition coefficient (Wildman–Crippen LogP) is 1.27. The van der Waals surface area contributed by atoms with Gasteiger partial charge in [0.15, 0.2) is 0 Å². The van der Waals surface area contributed by atoms with Gasteiger partial charge in [-0.2, -0.15) is 0 Å². The van der Waals surface area contributed by atoms with Crippen LogP contribution in [0.2, 0.25) is 5.15 Å². The van der Waals surface area contributed by atoms with Gasteiger partial charge in [-0.25, -0.2) is 4.98 Å². The molecule has 2 saturated heterocycles. The van der Waals surface area contributed by atoms with Crippen molar-refractivity contribution in [3.63, 3.8) is 0 Å². The third kappa shape index (κ3) is 1.06. The predicted molar refractivity (Wildman–Crippen MR) is 56.5 cm³/mol. The van der Waals surface area contributed by atoms with Crippen LogP contribution in [0.25, 0.3) is 0 Å². The lowest BCUT2D eigenvalue weighted by atomic mass is 9.81. The largest absolute Gasteiger partial charge is 0.366 e. The monoisotopic (exact) mass is 209 g/mol. The van der Waals surface area contributed by atoms with E-state index in [-0.39, 0.29) is 0 Å². The summed E-state index contributed by atoms with van der Waals surface area (Å²) in [6, 6.07) is 4.80. The summed E-state index contributed by atoms with van der Waals surface area (Å²) in [7, 11) is 0. The Labute approximate surface area is 87.9 Å². The lowest BCUT2D eigenvalue weighted by Crippen LogP contribution is -2.49. The topological polar surface area (TPSA) is 42.1 Å². The number of aromatic nitrogens is 1. The molecule has 14 heavy (non-hydrogen) atoms. The van der Waals surface area contributed by atoms with Gasteiger partial charge in [0, 0.05) is 30.5 Å². The molecule has 3 unspecified atom stereocenters. The van der Waals surface area contributed by atoms with Gasteiger partial charge in [0.25, 0.3) is 0 Å². The molecule has 3 heterocycles. The molecule has 3 atom stereocenters. The first kappa shape index (κ1) is 8.50. The van der Waals surface area contributed by atoms with Gasteiger partial charge in [0.2, 0.25) is 0 Å². The number of halogens is 1. The Morgan fingerprint density at radius 2 is 2.43 bits per heavy atom. The highest BCUT2D eigenvalue weighted by Gasteiger charge is 2.49. The van der Waals surface area contributed by atoms with E-state index in [1.54, 1.807) is 6.20 Å². The molecule has 1 aromatic heterocycles. The summed E-state index contributed by atoms with van der Waals surface area (Å²) in [4.78, 5) is 6.33. The second kappa shape index (κ2) is 2.84. The number of nitrogens with zero attached hydrogens (tertiary/aromatic N) is 2. The van der Waals surface area contributed by atoms with Gasteiger partial charge in [0.05, 0.1) is 0 Å². The second-order valence-electron chi connectivity index (χ2n) is 4.13. The van der Waals surface area contributed by atoms with E-state index >= 15 is 0 Å². The summed E-state index contributed by atoms with van der Waals surface area (Å²) < 4.78 is 0. The van der Waals surface area contributed by atoms with Crippen molar-refractivity contribution in [1.29, 1.82) is 0 Å². The zero-order valence-electron chi connectivity index (χ0n) is 7.73. The summed E-state index contributed by atoms with van der Waals surface area (Å²) in [6.07, 6.45) is 2.99. The second-order valence-corrected chi connectivity index (χ2v) is 4.52. The minimum atomic E-state index is 0.363. The van der Waals surface area contributed by atoms with Gasteiger partial charge >= 0.3 is 0 Å². The third-order valence-electron chi connectivity index (χ3n) is 3.41. The molecule has 1 saturated carbocycles. The zero-order chi connectivity index (χ0) is 9.71. The quantitative estimate of drug-likeness (QED) is 0.709. The SMILES string of the molecule is NC1C2CC1N(c1ccnc(Cl)c1)C2. The highest BCUT2D eigenvalue weighted by Crippen LogP contribution is 2.42. The first-order chi connectivity index (χ1) is 6.75. The molecule has 3 fully saturated rings. The van der Waals surface area contributed by atoms with E-state index in [0.717, 1.165) is 12.2 Å². The van der Waals surface area contributed by atoms with Crippen LogP contribution in [0.1, 0.15) is 6.42 Å². The number of rotatable bonds is 1. The molecule has 4 heteroatoms. The lowest BCUT2D eigenvalue weighted by molar-refractivity contribution is 0.311. The van der Waals surface area contributed by atoms with Crippen LogP contribution in [0.4, 0.5) is 5.69 Å². The van der Waals surface area contributed by atoms with Gasteiger partial charge in [0.1, 0.15) is 5.15 Å². The Balaban J connectivity index is 1.90. The molecule has 2 bridgehead atoms. The molecule has 4 rings (SSSR count). The van der Waals surface area contributed by atoms with Crippen molar-refractivity contribution in [2.24, 2.45) is 11.7 Å². The van der Waals surface area contributed by atoms with E-state index in [1.165, 1.54) is 6.42 Å². The Bertz CT molecular complexity index is 368. The van der Waals surface area contributed by atoms with Crippen molar-refractivity contribution in [3.05, 3.63) is 23.5 Å². The minimum Gasteiger partial charge on any atom is -0.366 e. The van der Waals surface area contributed by atoms with Crippen molar-refractivity contribution < 1.29 is 0 Å². The average Bonchev–Trinajstić information content (AvgIpc) is 2.74. The van der Waals surface area contributed by atoms with Gasteiger partial charge in [-0.15, -0.1) is 0 Å². The number of hydrogen-bond donors (Lipinski definition) is 1. The van der Waals surface area contributed by atoms with Crippen LogP contribution >= 0.6 is 11.6 Å². The van der Waals surface area contributed by atoms with Crippen LogP contribution in [-0.2, 0) is 0 Å². The fourth-order valence-electron chi connectivity index (χ4n) is 2.53. The fourth-order valence-corrected chi connectivity index (χ4v) is 2.70. The number of fused-ring (bicyclic) bond motifs is 1. The van der Waals surface area contributed by atoms with E-state index in [0.29, 0.717) is 23.2 Å². The summed E-state index contributed by atoms with van der Waals surface area (Å²) in [6.45, 7) is 1.08. The van der Waals surface area contributed by atoms with Crippen LogP contribution < -0.4 is 10.6 Å². The third-order valence-corrected chi connectivity index (χ3v) is 3.61. The van der Waals surface area contributed by atoms with Crippen molar-refractivity contribution in [2.75, 3.05) is 11.4 Å². The maximum Gasteiger partial charge on any atom is 0.131 e. The molecule has 1 aliphatic carbocycles. The smallest absolute Gasteiger partial charge is 0.131 e. The molecule has 0 spiro atoms. The molecular weight excluding hydrogens is 198 g/mol.